The lowest BCUT2D eigenvalue weighted by molar-refractivity contribution is 0.478. The number of phenolic OH excluding ortho intramolecular Hbond substituents is 1. The van der Waals surface area contributed by atoms with E-state index in [4.69, 9.17) is 0 Å². The number of hydrogen-bond acceptors (Lipinski definition) is 2. The second kappa shape index (κ2) is 2.44. The third kappa shape index (κ3) is 0.993. The number of phenols is 1. The van der Waals surface area contributed by atoms with Crippen molar-refractivity contribution in [2.75, 3.05) is 0 Å². The van der Waals surface area contributed by atoms with Gasteiger partial charge >= 0.3 is 0 Å². The average molecular weight is 162 g/mol. The monoisotopic (exact) mass is 162 g/mol. The zero-order chi connectivity index (χ0) is 8.55. The average Bonchev–Trinajstić information content (AvgIpc) is 2.07. The van der Waals surface area contributed by atoms with Gasteiger partial charge in [0.2, 0.25) is 5.95 Å². The first-order chi connectivity index (χ1) is 5.77. The topological polar surface area (TPSA) is 33.1 Å². The Balaban J connectivity index is 2.88. The van der Waals surface area contributed by atoms with E-state index in [1.54, 1.807) is 18.2 Å². The molecule has 0 unspecified atom stereocenters. The van der Waals surface area contributed by atoms with Crippen LogP contribution < -0.4 is 0 Å². The third-order valence-corrected chi connectivity index (χ3v) is 1.66. The fourth-order valence-electron chi connectivity index (χ4n) is 1.11. The molecule has 1 aromatic carbocycles. The van der Waals surface area contributed by atoms with Gasteiger partial charge in [0.25, 0.3) is 0 Å². The summed E-state index contributed by atoms with van der Waals surface area (Å²) in [5.74, 6) is -0.573. The molecule has 0 spiro atoms. The van der Waals surface area contributed by atoms with E-state index in [1.807, 2.05) is 0 Å². The molecule has 0 amide bonds. The molecule has 0 saturated heterocycles. The number of para-hydroxylation sites is 1. The predicted octanol–water partition coefficient (Wildman–Crippen LogP) is 2.08. The van der Waals surface area contributed by atoms with Crippen LogP contribution in [0.1, 0.15) is 0 Å². The van der Waals surface area contributed by atoms with Gasteiger partial charge in [0.05, 0.1) is 0 Å². The van der Waals surface area contributed by atoms with Crippen LogP contribution in [-0.2, 0) is 0 Å². The van der Waals surface area contributed by atoms with E-state index < -0.39 is 5.95 Å². The molecule has 2 rings (SSSR count). The molecule has 60 valence electrons. The van der Waals surface area contributed by atoms with Crippen molar-refractivity contribution in [2.24, 2.45) is 0 Å². The summed E-state index contributed by atoms with van der Waals surface area (Å²) in [6, 6.07) is 7.78. The van der Waals surface area contributed by atoms with Crippen LogP contribution in [-0.4, -0.2) is 10.1 Å². The fraction of sp³-hybridized carbons (Fsp3) is 0. The van der Waals surface area contributed by atoms with Crippen molar-refractivity contribution in [3.05, 3.63) is 36.3 Å². The first-order valence-corrected chi connectivity index (χ1v) is 3.51. The number of rotatable bonds is 0. The van der Waals surface area contributed by atoms with Crippen LogP contribution in [0.25, 0.3) is 10.9 Å². The lowest BCUT2D eigenvalue weighted by atomic mass is 10.2. The molecule has 0 bridgehead atoms. The molecule has 0 aliphatic carbocycles. The van der Waals surface area contributed by atoms with Crippen LogP contribution in [0.4, 0.5) is 4.39 Å². The van der Waals surface area contributed by atoms with E-state index in [-0.39, 0.29) is 5.75 Å². The molecule has 12 heavy (non-hydrogen) atoms. The number of hydrogen-bond donors (Lipinski definition) is 1. The quantitative estimate of drug-likeness (QED) is 0.601. The van der Waals surface area contributed by atoms with Crippen molar-refractivity contribution < 1.29 is 9.50 Å². The number of benzene rings is 1. The van der Waals surface area contributed by atoms with E-state index in [1.165, 1.54) is 12.1 Å². The van der Waals surface area contributed by atoms with Gasteiger partial charge in [-0.15, -0.1) is 0 Å². The van der Waals surface area contributed by atoms with Gasteiger partial charge in [-0.25, -0.2) is 4.98 Å². The number of aromatic hydroxyl groups is 1. The van der Waals surface area contributed by atoms with Crippen molar-refractivity contribution >= 4 is 10.9 Å². The minimum absolute atomic E-state index is 0.00648. The summed E-state index contributed by atoms with van der Waals surface area (Å²) >= 11 is 0. The highest BCUT2D eigenvalue weighted by molar-refractivity contribution is 5.83. The van der Waals surface area contributed by atoms with Crippen molar-refractivity contribution in [1.82, 2.24) is 4.98 Å². The van der Waals surface area contributed by atoms with Gasteiger partial charge in [0, 0.05) is 5.39 Å². The smallest absolute Gasteiger partial charge is 0.213 e. The molecule has 0 saturated carbocycles. The second-order valence-electron chi connectivity index (χ2n) is 2.48. The molecule has 1 N–H and O–H groups in total. The minimum Gasteiger partial charge on any atom is -0.506 e. The largest absolute Gasteiger partial charge is 0.506 e. The number of pyridine rings is 1. The van der Waals surface area contributed by atoms with Crippen LogP contribution >= 0.6 is 0 Å². The Kier molecular flexibility index (Phi) is 1.43. The highest BCUT2D eigenvalue weighted by atomic mass is 18.2. The third-order valence-electron chi connectivity index (χ3n) is 1.66. The summed E-state index contributed by atoms with van der Waals surface area (Å²) in [5, 5.41) is 10.00. The Hall–Kier alpha value is -1.64. The lowest BCUT2D eigenvalue weighted by Gasteiger charge is -1.98. The highest BCUT2D eigenvalue weighted by Gasteiger charge is 2.00. The maximum Gasteiger partial charge on any atom is 0.213 e. The molecule has 3 heteroatoms. The lowest BCUT2D eigenvalue weighted by Crippen LogP contribution is -1.83. The normalized spacial score (nSPS) is 10.4. The first kappa shape index (κ1) is 7.03. The summed E-state index contributed by atoms with van der Waals surface area (Å²) in [4.78, 5) is 3.56. The van der Waals surface area contributed by atoms with Gasteiger partial charge in [-0.2, -0.15) is 4.39 Å². The summed E-state index contributed by atoms with van der Waals surface area (Å²) < 4.78 is 12.6. The predicted molar refractivity (Wildman–Crippen MR) is 43.4 cm³/mol. The molecule has 2 aromatic rings. The number of nitrogens with zero attached hydrogens (tertiary/aromatic N) is 1. The summed E-state index contributed by atoms with van der Waals surface area (Å²) in [6.07, 6.45) is 0. The number of fused-ring (bicyclic) bond motifs is 1. The maximum absolute atomic E-state index is 12.6. The van der Waals surface area contributed by atoms with Crippen LogP contribution in [0.5, 0.6) is 5.75 Å². The molecular formula is C9H6FNO. The SMILES string of the molecule is Oc1cccc2ccc([18F])nc12. The van der Waals surface area contributed by atoms with Crippen LogP contribution in [0.2, 0.25) is 0 Å². The molecule has 1 aromatic heterocycles. The summed E-state index contributed by atoms with van der Waals surface area (Å²) in [7, 11) is 0. The van der Waals surface area contributed by atoms with E-state index in [0.29, 0.717) is 5.52 Å². The van der Waals surface area contributed by atoms with E-state index in [0.717, 1.165) is 5.39 Å². The fourth-order valence-corrected chi connectivity index (χ4v) is 1.11. The molecule has 0 radical (unpaired) electrons. The van der Waals surface area contributed by atoms with Crippen molar-refractivity contribution in [3.63, 3.8) is 0 Å². The van der Waals surface area contributed by atoms with E-state index >= 15 is 0 Å². The first-order valence-electron chi connectivity index (χ1n) is 3.51. The number of aromatic nitrogens is 1. The zero-order valence-electron chi connectivity index (χ0n) is 6.16. The molecule has 2 nitrogen and oxygen atoms in total. The van der Waals surface area contributed by atoms with Crippen LogP contribution in [0.3, 0.4) is 0 Å². The molecule has 0 atom stereocenters. The zero-order valence-corrected chi connectivity index (χ0v) is 6.16. The Morgan fingerprint density at radius 2 is 2.00 bits per heavy atom. The molecule has 0 aliphatic rings. The molecule has 1 heterocycles. The molecule has 0 aliphatic heterocycles. The van der Waals surface area contributed by atoms with Crippen molar-refractivity contribution in [3.8, 4) is 5.75 Å². The van der Waals surface area contributed by atoms with Gasteiger partial charge in [0.15, 0.2) is 0 Å². The summed E-state index contributed by atoms with van der Waals surface area (Å²) in [5.41, 5.74) is 0.303. The highest BCUT2D eigenvalue weighted by Crippen LogP contribution is 2.21. The van der Waals surface area contributed by atoms with Gasteiger partial charge in [0.1, 0.15) is 11.3 Å². The minimum atomic E-state index is -0.580. The van der Waals surface area contributed by atoms with Crippen molar-refractivity contribution in [2.45, 2.75) is 0 Å². The van der Waals surface area contributed by atoms with Gasteiger partial charge < -0.3 is 5.11 Å². The molecule has 0 fully saturated rings. The van der Waals surface area contributed by atoms with Gasteiger partial charge in [-0.05, 0) is 18.2 Å². The van der Waals surface area contributed by atoms with Crippen molar-refractivity contribution in [1.29, 1.82) is 0 Å². The second-order valence-corrected chi connectivity index (χ2v) is 2.48. The van der Waals surface area contributed by atoms with E-state index in [9.17, 15) is 9.50 Å². The maximum atomic E-state index is 12.6. The Morgan fingerprint density at radius 1 is 1.17 bits per heavy atom. The van der Waals surface area contributed by atoms with E-state index in [2.05, 4.69) is 4.98 Å². The number of halogens is 1. The van der Waals surface area contributed by atoms with Gasteiger partial charge in [-0.1, -0.05) is 12.1 Å². The van der Waals surface area contributed by atoms with Crippen LogP contribution in [0.15, 0.2) is 30.3 Å². The van der Waals surface area contributed by atoms with Crippen LogP contribution in [0, 0.1) is 5.95 Å². The standard InChI is InChI=1S/C9H6FNO/c10-8-5-4-6-2-1-3-7(12)9(6)11-8/h1-5,12H/i10-1. The molecular weight excluding hydrogens is 156 g/mol. The summed E-state index contributed by atoms with van der Waals surface area (Å²) in [6.45, 7) is 0. The van der Waals surface area contributed by atoms with Gasteiger partial charge in [-0.3, -0.25) is 0 Å². The Labute approximate surface area is 68.3 Å². The Bertz CT molecular complexity index is 428. The Morgan fingerprint density at radius 3 is 2.83 bits per heavy atom.